The summed E-state index contributed by atoms with van der Waals surface area (Å²) in [6.07, 6.45) is 3.82. The molecule has 4 nitrogen and oxygen atoms in total. The first-order valence-electron chi connectivity index (χ1n) is 7.80. The highest BCUT2D eigenvalue weighted by Crippen LogP contribution is 2.25. The molecule has 3 rings (SSSR count). The number of fused-ring (bicyclic) bond motifs is 1. The van der Waals surface area contributed by atoms with Crippen molar-refractivity contribution in [2.24, 2.45) is 0 Å². The molecule has 2 aliphatic rings. The average Bonchev–Trinajstić information content (AvgIpc) is 2.94. The summed E-state index contributed by atoms with van der Waals surface area (Å²) in [4.78, 5) is 9.02. The van der Waals surface area contributed by atoms with Gasteiger partial charge in [0.15, 0.2) is 5.82 Å². The average molecular weight is 295 g/mol. The lowest BCUT2D eigenvalue weighted by atomic mass is 10.0. The fourth-order valence-electron chi connectivity index (χ4n) is 2.65. The lowest BCUT2D eigenvalue weighted by Gasteiger charge is -2.12. The summed E-state index contributed by atoms with van der Waals surface area (Å²) >= 11 is 0. The van der Waals surface area contributed by atoms with Gasteiger partial charge in [0, 0.05) is 6.42 Å². The molecule has 0 atom stereocenters. The Labute approximate surface area is 130 Å². The molecule has 1 N–H and O–H groups in total. The van der Waals surface area contributed by atoms with Crippen molar-refractivity contribution in [3.8, 4) is 11.5 Å². The second kappa shape index (κ2) is 6.18. The molecule has 0 radical (unpaired) electrons. The van der Waals surface area contributed by atoms with Crippen LogP contribution in [0.1, 0.15) is 42.4 Å². The molecule has 0 amide bonds. The Morgan fingerprint density at radius 3 is 2.64 bits per heavy atom. The first-order chi connectivity index (χ1) is 10.7. The van der Waals surface area contributed by atoms with E-state index in [0.29, 0.717) is 5.82 Å². The number of unbranched alkanes of at least 4 members (excludes halogenated alkanes) is 1. The third-order valence-electron chi connectivity index (χ3n) is 4.00. The second-order valence-electron chi connectivity index (χ2n) is 5.68. The highest BCUT2D eigenvalue weighted by Gasteiger charge is 2.18. The maximum atomic E-state index is 10.4. The van der Waals surface area contributed by atoms with Gasteiger partial charge < -0.3 is 5.21 Å². The van der Waals surface area contributed by atoms with Crippen LogP contribution in [0.3, 0.4) is 0 Å². The number of hydrogen-bond acceptors (Lipinski definition) is 3. The molecule has 2 aliphatic heterocycles. The van der Waals surface area contributed by atoms with Crippen LogP contribution in [0.4, 0.5) is 0 Å². The molecule has 2 heterocycles. The minimum atomic E-state index is 0.556. The standard InChI is InChI=1S/C18H21N3O/c1-3-4-10-17-19-16-12-15(11-14-8-6-5-7-9-14)13(2)21(22)18(16)20-17/h5-9,12,22H,3-4,10-11H2,1-2H3. The fraction of sp³-hybridized carbons (Fsp3) is 0.333. The van der Waals surface area contributed by atoms with E-state index in [1.54, 1.807) is 0 Å². The molecular weight excluding hydrogens is 274 g/mol. The van der Waals surface area contributed by atoms with Gasteiger partial charge in [0.25, 0.3) is 0 Å². The van der Waals surface area contributed by atoms with Crippen molar-refractivity contribution in [2.45, 2.75) is 39.5 Å². The van der Waals surface area contributed by atoms with E-state index in [2.05, 4.69) is 29.0 Å². The van der Waals surface area contributed by atoms with Gasteiger partial charge in [-0.3, -0.25) is 0 Å². The van der Waals surface area contributed by atoms with Gasteiger partial charge in [0.05, 0.1) is 5.69 Å². The van der Waals surface area contributed by atoms with E-state index in [4.69, 9.17) is 0 Å². The molecule has 114 valence electrons. The quantitative estimate of drug-likeness (QED) is 0.727. The van der Waals surface area contributed by atoms with E-state index < -0.39 is 0 Å². The third kappa shape index (κ3) is 2.82. The Morgan fingerprint density at radius 1 is 1.14 bits per heavy atom. The normalized spacial score (nSPS) is 11.2. The minimum absolute atomic E-state index is 0.556. The highest BCUT2D eigenvalue weighted by atomic mass is 16.5. The van der Waals surface area contributed by atoms with E-state index in [1.807, 2.05) is 31.2 Å². The third-order valence-corrected chi connectivity index (χ3v) is 4.00. The predicted molar refractivity (Wildman–Crippen MR) is 86.4 cm³/mol. The largest absolute Gasteiger partial charge is 0.427 e. The van der Waals surface area contributed by atoms with Crippen LogP contribution in [0.25, 0.3) is 11.5 Å². The number of imidazole rings is 1. The van der Waals surface area contributed by atoms with Crippen LogP contribution in [0.2, 0.25) is 0 Å². The van der Waals surface area contributed by atoms with E-state index in [1.165, 1.54) is 10.3 Å². The number of pyridine rings is 1. The Balaban J connectivity index is 1.98. The Morgan fingerprint density at radius 2 is 1.91 bits per heavy atom. The number of nitrogens with zero attached hydrogens (tertiary/aromatic N) is 3. The zero-order valence-corrected chi connectivity index (χ0v) is 13.1. The predicted octanol–water partition coefficient (Wildman–Crippen LogP) is 3.86. The SMILES string of the molecule is CCCCc1nc2cc(Cc3ccccc3)c(C)n(O)c-2n1. The van der Waals surface area contributed by atoms with Gasteiger partial charge in [-0.25, -0.2) is 9.97 Å². The molecule has 0 bridgehead atoms. The molecule has 0 saturated heterocycles. The lowest BCUT2D eigenvalue weighted by Crippen LogP contribution is -2.08. The number of rotatable bonds is 5. The van der Waals surface area contributed by atoms with Gasteiger partial charge in [-0.05, 0) is 37.0 Å². The first-order valence-corrected chi connectivity index (χ1v) is 7.80. The van der Waals surface area contributed by atoms with Crippen molar-refractivity contribution in [1.82, 2.24) is 14.7 Å². The van der Waals surface area contributed by atoms with Crippen LogP contribution in [-0.4, -0.2) is 19.9 Å². The number of benzene rings is 1. The molecule has 4 heteroatoms. The summed E-state index contributed by atoms with van der Waals surface area (Å²) < 4.78 is 1.18. The van der Waals surface area contributed by atoms with Crippen LogP contribution in [0.15, 0.2) is 36.4 Å². The topological polar surface area (TPSA) is 50.9 Å². The summed E-state index contributed by atoms with van der Waals surface area (Å²) in [5.41, 5.74) is 3.88. The summed E-state index contributed by atoms with van der Waals surface area (Å²) in [7, 11) is 0. The first kappa shape index (κ1) is 14.6. The molecule has 22 heavy (non-hydrogen) atoms. The molecule has 0 unspecified atom stereocenters. The molecule has 0 spiro atoms. The molecule has 1 aromatic rings. The smallest absolute Gasteiger partial charge is 0.195 e. The Bertz CT molecular complexity index is 734. The van der Waals surface area contributed by atoms with Gasteiger partial charge in [0.1, 0.15) is 11.5 Å². The van der Waals surface area contributed by atoms with Gasteiger partial charge in [-0.1, -0.05) is 43.7 Å². The minimum Gasteiger partial charge on any atom is -0.427 e. The van der Waals surface area contributed by atoms with Crippen molar-refractivity contribution in [1.29, 1.82) is 0 Å². The van der Waals surface area contributed by atoms with E-state index in [0.717, 1.165) is 48.5 Å². The van der Waals surface area contributed by atoms with Crippen LogP contribution >= 0.6 is 0 Å². The maximum absolute atomic E-state index is 10.4. The summed E-state index contributed by atoms with van der Waals surface area (Å²) in [5.74, 6) is 1.37. The van der Waals surface area contributed by atoms with Crippen molar-refractivity contribution in [3.63, 3.8) is 0 Å². The van der Waals surface area contributed by atoms with E-state index in [-0.39, 0.29) is 0 Å². The van der Waals surface area contributed by atoms with Gasteiger partial charge in [-0.2, -0.15) is 4.73 Å². The summed E-state index contributed by atoms with van der Waals surface area (Å²) in [6, 6.07) is 12.3. The summed E-state index contributed by atoms with van der Waals surface area (Å²) in [5, 5.41) is 10.4. The zero-order valence-electron chi connectivity index (χ0n) is 13.1. The summed E-state index contributed by atoms with van der Waals surface area (Å²) in [6.45, 7) is 4.06. The zero-order chi connectivity index (χ0) is 15.5. The number of aryl methyl sites for hydroxylation is 1. The molecule has 0 aliphatic carbocycles. The monoisotopic (exact) mass is 295 g/mol. The fourth-order valence-corrected chi connectivity index (χ4v) is 2.65. The van der Waals surface area contributed by atoms with Crippen LogP contribution in [0, 0.1) is 6.92 Å². The molecule has 0 aromatic heterocycles. The second-order valence-corrected chi connectivity index (χ2v) is 5.68. The lowest BCUT2D eigenvalue weighted by molar-refractivity contribution is 0.179. The molecule has 0 fully saturated rings. The Hall–Kier alpha value is -2.36. The van der Waals surface area contributed by atoms with Crippen molar-refractivity contribution >= 4 is 0 Å². The van der Waals surface area contributed by atoms with Gasteiger partial charge in [0.2, 0.25) is 0 Å². The maximum Gasteiger partial charge on any atom is 0.195 e. The van der Waals surface area contributed by atoms with Crippen molar-refractivity contribution in [2.75, 3.05) is 0 Å². The van der Waals surface area contributed by atoms with Crippen LogP contribution in [-0.2, 0) is 12.8 Å². The van der Waals surface area contributed by atoms with E-state index >= 15 is 0 Å². The molecule has 1 aromatic carbocycles. The highest BCUT2D eigenvalue weighted by molar-refractivity contribution is 5.55. The van der Waals surface area contributed by atoms with E-state index in [9.17, 15) is 5.21 Å². The Kier molecular flexibility index (Phi) is 4.09. The van der Waals surface area contributed by atoms with Gasteiger partial charge in [-0.15, -0.1) is 0 Å². The molecular formula is C18H21N3O. The van der Waals surface area contributed by atoms with Gasteiger partial charge >= 0.3 is 0 Å². The van der Waals surface area contributed by atoms with Crippen LogP contribution in [0.5, 0.6) is 0 Å². The van der Waals surface area contributed by atoms with Crippen molar-refractivity contribution in [3.05, 3.63) is 59.0 Å². The molecule has 0 saturated carbocycles. The van der Waals surface area contributed by atoms with Crippen LogP contribution < -0.4 is 0 Å². The van der Waals surface area contributed by atoms with Crippen molar-refractivity contribution < 1.29 is 5.21 Å². The number of aromatic nitrogens is 3. The number of hydrogen-bond donors (Lipinski definition) is 1.